The molecule has 0 aliphatic heterocycles. The normalized spacial score (nSPS) is 18.3. The van der Waals surface area contributed by atoms with E-state index in [-0.39, 0.29) is 0 Å². The van der Waals surface area contributed by atoms with Gasteiger partial charge in [-0.15, -0.1) is 0 Å². The van der Waals surface area contributed by atoms with Crippen molar-refractivity contribution in [1.82, 2.24) is 0 Å². The molecule has 0 saturated heterocycles. The molecule has 1 aliphatic carbocycles. The van der Waals surface area contributed by atoms with Gasteiger partial charge in [-0.1, -0.05) is 50.8 Å². The summed E-state index contributed by atoms with van der Waals surface area (Å²) in [6.07, 6.45) is 5.44. The van der Waals surface area contributed by atoms with E-state index in [0.717, 1.165) is 16.1 Å². The van der Waals surface area contributed by atoms with E-state index in [4.69, 9.17) is 4.74 Å². The van der Waals surface area contributed by atoms with Gasteiger partial charge in [0.1, 0.15) is 5.75 Å². The minimum atomic E-state index is 0.468. The largest absolute Gasteiger partial charge is 0.494 e. The first-order valence-electron chi connectivity index (χ1n) is 6.28. The molecule has 0 spiro atoms. The minimum Gasteiger partial charge on any atom is -0.494 e. The summed E-state index contributed by atoms with van der Waals surface area (Å²) in [5.74, 6) is 1.72. The molecule has 1 unspecified atom stereocenters. The lowest BCUT2D eigenvalue weighted by Gasteiger charge is -2.19. The Balaban J connectivity index is 2.14. The number of rotatable bonds is 4. The van der Waals surface area contributed by atoms with Gasteiger partial charge in [0.25, 0.3) is 0 Å². The van der Waals surface area contributed by atoms with Crippen molar-refractivity contribution < 1.29 is 4.74 Å². The fourth-order valence-electron chi connectivity index (χ4n) is 2.49. The van der Waals surface area contributed by atoms with Crippen LogP contribution in [-0.2, 0) is 0 Å². The molecule has 0 radical (unpaired) electrons. The van der Waals surface area contributed by atoms with Gasteiger partial charge >= 0.3 is 0 Å². The first-order valence-corrected chi connectivity index (χ1v) is 7.99. The molecule has 1 aromatic carbocycles. The Hall–Kier alpha value is -0.0200. The van der Waals surface area contributed by atoms with E-state index in [1.807, 2.05) is 6.92 Å². The van der Waals surface area contributed by atoms with Crippen molar-refractivity contribution in [3.05, 3.63) is 28.2 Å². The van der Waals surface area contributed by atoms with Gasteiger partial charge in [-0.25, -0.2) is 0 Å². The van der Waals surface area contributed by atoms with Crippen LogP contribution in [0.2, 0.25) is 0 Å². The lowest BCUT2D eigenvalue weighted by molar-refractivity contribution is 0.340. The van der Waals surface area contributed by atoms with Gasteiger partial charge in [0.2, 0.25) is 0 Å². The van der Waals surface area contributed by atoms with Crippen LogP contribution in [0.1, 0.15) is 43.0 Å². The Morgan fingerprint density at radius 1 is 1.35 bits per heavy atom. The zero-order valence-corrected chi connectivity index (χ0v) is 13.3. The highest BCUT2D eigenvalue weighted by atomic mass is 79.9. The summed E-state index contributed by atoms with van der Waals surface area (Å²) in [5, 5.41) is 0. The molecule has 1 saturated carbocycles. The Morgan fingerprint density at radius 2 is 2.06 bits per heavy atom. The molecule has 0 N–H and O–H groups in total. The summed E-state index contributed by atoms with van der Waals surface area (Å²) >= 11 is 7.51. The third-order valence-corrected chi connectivity index (χ3v) is 5.32. The zero-order valence-electron chi connectivity index (χ0n) is 10.1. The minimum absolute atomic E-state index is 0.468. The van der Waals surface area contributed by atoms with Crippen molar-refractivity contribution in [1.29, 1.82) is 0 Å². The average Bonchev–Trinajstić information content (AvgIpc) is 2.82. The highest BCUT2D eigenvalue weighted by Crippen LogP contribution is 2.44. The predicted octanol–water partition coefficient (Wildman–Crippen LogP) is 5.47. The summed E-state index contributed by atoms with van der Waals surface area (Å²) in [4.78, 5) is 0.468. The molecule has 0 amide bonds. The second-order valence-electron chi connectivity index (χ2n) is 4.56. The number of halogens is 2. The van der Waals surface area contributed by atoms with Gasteiger partial charge in [0.05, 0.1) is 6.61 Å². The maximum absolute atomic E-state index is 5.50. The molecule has 17 heavy (non-hydrogen) atoms. The smallest absolute Gasteiger partial charge is 0.120 e. The number of benzene rings is 1. The topological polar surface area (TPSA) is 9.23 Å². The maximum atomic E-state index is 5.50. The van der Waals surface area contributed by atoms with Crippen molar-refractivity contribution in [3.8, 4) is 5.75 Å². The molecule has 1 aromatic rings. The standard InChI is InChI=1S/C14H18Br2O/c1-2-17-11-7-8-12(13(15)9-11)14(16)10-5-3-4-6-10/h7-10,14H,2-6H2,1H3. The quantitative estimate of drug-likeness (QED) is 0.645. The van der Waals surface area contributed by atoms with Gasteiger partial charge in [0, 0.05) is 9.30 Å². The number of hydrogen-bond acceptors (Lipinski definition) is 1. The Labute approximate surface area is 120 Å². The van der Waals surface area contributed by atoms with E-state index in [0.29, 0.717) is 11.4 Å². The van der Waals surface area contributed by atoms with Crippen LogP contribution in [-0.4, -0.2) is 6.61 Å². The number of hydrogen-bond donors (Lipinski definition) is 0. The molecule has 0 heterocycles. The monoisotopic (exact) mass is 360 g/mol. The van der Waals surface area contributed by atoms with E-state index in [1.54, 1.807) is 0 Å². The predicted molar refractivity (Wildman–Crippen MR) is 78.9 cm³/mol. The van der Waals surface area contributed by atoms with Gasteiger partial charge in [-0.2, -0.15) is 0 Å². The summed E-state index contributed by atoms with van der Waals surface area (Å²) < 4.78 is 6.65. The third kappa shape index (κ3) is 3.25. The van der Waals surface area contributed by atoms with Crippen LogP contribution >= 0.6 is 31.9 Å². The highest BCUT2D eigenvalue weighted by molar-refractivity contribution is 9.11. The van der Waals surface area contributed by atoms with E-state index < -0.39 is 0 Å². The Kier molecular flexibility index (Phi) is 4.92. The molecule has 1 aliphatic rings. The summed E-state index contributed by atoms with van der Waals surface area (Å²) in [6.45, 7) is 2.72. The molecule has 2 rings (SSSR count). The van der Waals surface area contributed by atoms with Crippen molar-refractivity contribution in [2.45, 2.75) is 37.4 Å². The first-order chi connectivity index (χ1) is 8.22. The van der Waals surface area contributed by atoms with Crippen molar-refractivity contribution in [2.75, 3.05) is 6.61 Å². The number of alkyl halides is 1. The third-order valence-electron chi connectivity index (χ3n) is 3.39. The van der Waals surface area contributed by atoms with Crippen molar-refractivity contribution >= 4 is 31.9 Å². The molecule has 1 atom stereocenters. The lowest BCUT2D eigenvalue weighted by atomic mass is 9.98. The fourth-order valence-corrected chi connectivity index (χ4v) is 4.33. The van der Waals surface area contributed by atoms with Crippen LogP contribution in [0.25, 0.3) is 0 Å². The van der Waals surface area contributed by atoms with Crippen molar-refractivity contribution in [3.63, 3.8) is 0 Å². The zero-order chi connectivity index (χ0) is 12.3. The highest BCUT2D eigenvalue weighted by Gasteiger charge is 2.25. The van der Waals surface area contributed by atoms with E-state index in [1.165, 1.54) is 31.2 Å². The van der Waals surface area contributed by atoms with E-state index in [9.17, 15) is 0 Å². The molecule has 94 valence electrons. The van der Waals surface area contributed by atoms with Crippen LogP contribution in [0.3, 0.4) is 0 Å². The molecular weight excluding hydrogens is 344 g/mol. The molecule has 0 aromatic heterocycles. The van der Waals surface area contributed by atoms with Crippen LogP contribution in [0.5, 0.6) is 5.75 Å². The summed E-state index contributed by atoms with van der Waals surface area (Å²) in [5.41, 5.74) is 1.35. The summed E-state index contributed by atoms with van der Waals surface area (Å²) in [6, 6.07) is 6.31. The van der Waals surface area contributed by atoms with E-state index in [2.05, 4.69) is 50.1 Å². The SMILES string of the molecule is CCOc1ccc(C(Br)C2CCCC2)c(Br)c1. The Bertz CT molecular complexity index is 372. The van der Waals surface area contributed by atoms with Gasteiger partial charge in [-0.05, 0) is 43.4 Å². The van der Waals surface area contributed by atoms with Crippen LogP contribution in [0.4, 0.5) is 0 Å². The second-order valence-corrected chi connectivity index (χ2v) is 6.40. The fraction of sp³-hybridized carbons (Fsp3) is 0.571. The molecule has 1 fully saturated rings. The first kappa shape index (κ1) is 13.4. The average molecular weight is 362 g/mol. The molecule has 1 nitrogen and oxygen atoms in total. The second kappa shape index (κ2) is 6.24. The van der Waals surface area contributed by atoms with Crippen LogP contribution in [0.15, 0.2) is 22.7 Å². The molecular formula is C14H18Br2O. The Morgan fingerprint density at radius 3 is 2.65 bits per heavy atom. The van der Waals surface area contributed by atoms with E-state index >= 15 is 0 Å². The maximum Gasteiger partial charge on any atom is 0.120 e. The van der Waals surface area contributed by atoms with Crippen molar-refractivity contribution in [2.24, 2.45) is 5.92 Å². The van der Waals surface area contributed by atoms with Crippen LogP contribution in [0, 0.1) is 5.92 Å². The van der Waals surface area contributed by atoms with Gasteiger partial charge in [0.15, 0.2) is 0 Å². The molecule has 3 heteroatoms. The van der Waals surface area contributed by atoms with Gasteiger partial charge in [-0.3, -0.25) is 0 Å². The van der Waals surface area contributed by atoms with Crippen LogP contribution < -0.4 is 4.74 Å². The van der Waals surface area contributed by atoms with Gasteiger partial charge < -0.3 is 4.74 Å². The lowest BCUT2D eigenvalue weighted by Crippen LogP contribution is -2.04. The molecule has 0 bridgehead atoms. The number of ether oxygens (including phenoxy) is 1. The summed E-state index contributed by atoms with van der Waals surface area (Å²) in [7, 11) is 0.